The molecule has 0 atom stereocenters. The van der Waals surface area contributed by atoms with Crippen LogP contribution in [-0.4, -0.2) is 26.2 Å². The van der Waals surface area contributed by atoms with Crippen molar-refractivity contribution in [2.75, 3.05) is 12.0 Å². The molecule has 0 saturated carbocycles. The number of Topliss-reactive ketones (excluding diaryl/α,β-unsaturated/α-hetero) is 1. The second-order valence-electron chi connectivity index (χ2n) is 3.12. The maximum Gasteiger partial charge on any atom is 0.179 e. The van der Waals surface area contributed by atoms with E-state index < -0.39 is 21.4 Å². The first-order chi connectivity index (χ1) is 6.79. The Morgan fingerprint density at radius 1 is 1.33 bits per heavy atom. The zero-order valence-corrected chi connectivity index (χ0v) is 10.2. The summed E-state index contributed by atoms with van der Waals surface area (Å²) in [5.74, 6) is -1.08. The predicted molar refractivity (Wildman–Crippen MR) is 60.5 cm³/mol. The van der Waals surface area contributed by atoms with Gasteiger partial charge in [0, 0.05) is 16.8 Å². The van der Waals surface area contributed by atoms with E-state index >= 15 is 0 Å². The van der Waals surface area contributed by atoms with E-state index in [1.807, 2.05) is 0 Å². The van der Waals surface area contributed by atoms with Crippen LogP contribution >= 0.6 is 23.2 Å². The molecule has 1 aromatic rings. The summed E-state index contributed by atoms with van der Waals surface area (Å²) >= 11 is 11.4. The number of hydrogen-bond acceptors (Lipinski definition) is 3. The SMILES string of the molecule is CS(=O)(=O)CC(=O)c1ccc(Cl)cc1Cl. The average molecular weight is 267 g/mol. The van der Waals surface area contributed by atoms with Crippen LogP contribution in [0.25, 0.3) is 0 Å². The molecule has 6 heteroatoms. The van der Waals surface area contributed by atoms with Gasteiger partial charge in [-0.2, -0.15) is 0 Å². The van der Waals surface area contributed by atoms with Crippen molar-refractivity contribution in [1.29, 1.82) is 0 Å². The number of ketones is 1. The number of hydrogen-bond donors (Lipinski definition) is 0. The molecule has 0 spiro atoms. The van der Waals surface area contributed by atoms with Gasteiger partial charge in [-0.3, -0.25) is 4.79 Å². The zero-order chi connectivity index (χ0) is 11.6. The Labute approximate surface area is 97.9 Å². The molecule has 1 aromatic carbocycles. The van der Waals surface area contributed by atoms with Crippen LogP contribution < -0.4 is 0 Å². The topological polar surface area (TPSA) is 51.2 Å². The minimum absolute atomic E-state index is 0.163. The van der Waals surface area contributed by atoms with Crippen LogP contribution in [0.5, 0.6) is 0 Å². The van der Waals surface area contributed by atoms with Gasteiger partial charge in [-0.1, -0.05) is 23.2 Å². The lowest BCUT2D eigenvalue weighted by molar-refractivity contribution is 0.102. The van der Waals surface area contributed by atoms with Gasteiger partial charge in [0.25, 0.3) is 0 Å². The first-order valence-corrected chi connectivity index (χ1v) is 6.77. The third kappa shape index (κ3) is 3.81. The average Bonchev–Trinajstić information content (AvgIpc) is 1.99. The number of carbonyl (C=O) groups is 1. The van der Waals surface area contributed by atoms with Gasteiger partial charge in [0.2, 0.25) is 0 Å². The quantitative estimate of drug-likeness (QED) is 0.789. The Morgan fingerprint density at radius 2 is 1.93 bits per heavy atom. The zero-order valence-electron chi connectivity index (χ0n) is 7.83. The van der Waals surface area contributed by atoms with Gasteiger partial charge in [0.15, 0.2) is 15.6 Å². The van der Waals surface area contributed by atoms with Crippen LogP contribution in [0, 0.1) is 0 Å². The minimum atomic E-state index is -3.34. The molecular formula is C9H8Cl2O3S. The van der Waals surface area contributed by atoms with Crippen molar-refractivity contribution in [3.05, 3.63) is 33.8 Å². The van der Waals surface area contributed by atoms with Gasteiger partial charge < -0.3 is 0 Å². The maximum atomic E-state index is 11.5. The molecule has 82 valence electrons. The number of rotatable bonds is 3. The summed E-state index contributed by atoms with van der Waals surface area (Å²) in [4.78, 5) is 11.5. The van der Waals surface area contributed by atoms with Gasteiger partial charge in [0.05, 0.1) is 5.02 Å². The number of carbonyl (C=O) groups excluding carboxylic acids is 1. The highest BCUT2D eigenvalue weighted by Crippen LogP contribution is 2.21. The van der Waals surface area contributed by atoms with E-state index in [0.29, 0.717) is 5.02 Å². The lowest BCUT2D eigenvalue weighted by Gasteiger charge is -2.02. The lowest BCUT2D eigenvalue weighted by Crippen LogP contribution is -2.14. The van der Waals surface area contributed by atoms with E-state index in [1.54, 1.807) is 0 Å². The standard InChI is InChI=1S/C9H8Cl2O3S/c1-15(13,14)5-9(12)7-3-2-6(10)4-8(7)11/h2-4H,5H2,1H3. The normalized spacial score (nSPS) is 11.4. The van der Waals surface area contributed by atoms with E-state index in [1.165, 1.54) is 18.2 Å². The fourth-order valence-corrected chi connectivity index (χ4v) is 2.18. The van der Waals surface area contributed by atoms with Crippen LogP contribution in [0.4, 0.5) is 0 Å². The van der Waals surface area contributed by atoms with Gasteiger partial charge >= 0.3 is 0 Å². The Kier molecular flexibility index (Phi) is 3.76. The molecule has 1 rings (SSSR count). The van der Waals surface area contributed by atoms with E-state index in [0.717, 1.165) is 6.26 Å². The Bertz CT molecular complexity index is 494. The lowest BCUT2D eigenvalue weighted by atomic mass is 10.1. The first kappa shape index (κ1) is 12.5. The molecule has 0 aliphatic heterocycles. The first-order valence-electron chi connectivity index (χ1n) is 3.95. The van der Waals surface area contributed by atoms with Crippen molar-refractivity contribution in [2.45, 2.75) is 0 Å². The van der Waals surface area contributed by atoms with Crippen LogP contribution in [0.1, 0.15) is 10.4 Å². The molecule has 0 radical (unpaired) electrons. The van der Waals surface area contributed by atoms with E-state index in [9.17, 15) is 13.2 Å². The number of halogens is 2. The molecule has 0 unspecified atom stereocenters. The van der Waals surface area contributed by atoms with Crippen LogP contribution in [-0.2, 0) is 9.84 Å². The Hall–Kier alpha value is -0.580. The molecule has 0 aliphatic carbocycles. The van der Waals surface area contributed by atoms with Crippen molar-refractivity contribution in [2.24, 2.45) is 0 Å². The molecule has 0 fully saturated rings. The molecule has 0 heterocycles. The summed E-state index contributed by atoms with van der Waals surface area (Å²) in [6, 6.07) is 4.31. The maximum absolute atomic E-state index is 11.5. The summed E-state index contributed by atoms with van der Waals surface area (Å²) in [7, 11) is -3.34. The Morgan fingerprint density at radius 3 is 2.40 bits per heavy atom. The third-order valence-electron chi connectivity index (χ3n) is 1.62. The highest BCUT2D eigenvalue weighted by atomic mass is 35.5. The Balaban J connectivity index is 3.02. The fourth-order valence-electron chi connectivity index (χ4n) is 1.03. The highest BCUT2D eigenvalue weighted by Gasteiger charge is 2.15. The summed E-state index contributed by atoms with van der Waals surface area (Å²) in [6.07, 6.45) is 0.995. The molecule has 0 saturated heterocycles. The second kappa shape index (κ2) is 4.51. The van der Waals surface area contributed by atoms with E-state index in [-0.39, 0.29) is 10.6 Å². The van der Waals surface area contributed by atoms with Gasteiger partial charge in [-0.25, -0.2) is 8.42 Å². The van der Waals surface area contributed by atoms with E-state index in [4.69, 9.17) is 23.2 Å². The van der Waals surface area contributed by atoms with Gasteiger partial charge in [0.1, 0.15) is 5.75 Å². The second-order valence-corrected chi connectivity index (χ2v) is 6.10. The minimum Gasteiger partial charge on any atom is -0.293 e. The number of sulfone groups is 1. The van der Waals surface area contributed by atoms with Crippen LogP contribution in [0.2, 0.25) is 10.0 Å². The molecule has 3 nitrogen and oxygen atoms in total. The monoisotopic (exact) mass is 266 g/mol. The molecule has 0 aliphatic rings. The summed E-state index contributed by atoms with van der Waals surface area (Å²) in [5, 5.41) is 0.562. The van der Waals surface area contributed by atoms with Gasteiger partial charge in [-0.15, -0.1) is 0 Å². The molecule has 15 heavy (non-hydrogen) atoms. The summed E-state index contributed by atoms with van der Waals surface area (Å²) < 4.78 is 21.8. The van der Waals surface area contributed by atoms with E-state index in [2.05, 4.69) is 0 Å². The summed E-state index contributed by atoms with van der Waals surface area (Å²) in [6.45, 7) is 0. The highest BCUT2D eigenvalue weighted by molar-refractivity contribution is 7.91. The van der Waals surface area contributed by atoms with Crippen LogP contribution in [0.3, 0.4) is 0 Å². The molecular weight excluding hydrogens is 259 g/mol. The third-order valence-corrected chi connectivity index (χ3v) is 2.96. The molecule has 0 amide bonds. The fraction of sp³-hybridized carbons (Fsp3) is 0.222. The van der Waals surface area contributed by atoms with Crippen molar-refractivity contribution >= 4 is 38.8 Å². The van der Waals surface area contributed by atoms with Crippen molar-refractivity contribution in [1.82, 2.24) is 0 Å². The molecule has 0 N–H and O–H groups in total. The molecule has 0 aromatic heterocycles. The predicted octanol–water partition coefficient (Wildman–Crippen LogP) is 2.22. The smallest absolute Gasteiger partial charge is 0.179 e. The van der Waals surface area contributed by atoms with Gasteiger partial charge in [-0.05, 0) is 18.2 Å². The van der Waals surface area contributed by atoms with Crippen LogP contribution in [0.15, 0.2) is 18.2 Å². The summed E-state index contributed by atoms with van der Waals surface area (Å²) in [5.41, 5.74) is 0.173. The van der Waals surface area contributed by atoms with Crippen molar-refractivity contribution < 1.29 is 13.2 Å². The number of benzene rings is 1. The van der Waals surface area contributed by atoms with Crippen molar-refractivity contribution in [3.8, 4) is 0 Å². The van der Waals surface area contributed by atoms with Crippen molar-refractivity contribution in [3.63, 3.8) is 0 Å². The molecule has 0 bridgehead atoms. The largest absolute Gasteiger partial charge is 0.293 e.